The summed E-state index contributed by atoms with van der Waals surface area (Å²) in [5.74, 6) is 4.45. The molecule has 4 rings (SSSR count). The second kappa shape index (κ2) is 8.58. The number of carboxylic acids is 1. The molecule has 0 aliphatic heterocycles. The van der Waals surface area contributed by atoms with Gasteiger partial charge in [0.1, 0.15) is 6.54 Å². The lowest BCUT2D eigenvalue weighted by atomic mass is 9.44. The van der Waals surface area contributed by atoms with Crippen molar-refractivity contribution in [3.63, 3.8) is 0 Å². The minimum absolute atomic E-state index is 0.0422. The number of rotatable bonds is 6. The summed E-state index contributed by atoms with van der Waals surface area (Å²) in [7, 11) is 0. The first kappa shape index (κ1) is 22.9. The van der Waals surface area contributed by atoms with Crippen LogP contribution in [0.1, 0.15) is 98.3 Å². The van der Waals surface area contributed by atoms with E-state index >= 15 is 0 Å². The second-order valence-corrected chi connectivity index (χ2v) is 12.5. The summed E-state index contributed by atoms with van der Waals surface area (Å²) in [5, 5.41) is 9.13. The zero-order valence-electron chi connectivity index (χ0n) is 19.7. The van der Waals surface area contributed by atoms with Gasteiger partial charge in [0, 0.05) is 6.04 Å². The van der Waals surface area contributed by atoms with E-state index in [1.54, 1.807) is 4.42 Å². The van der Waals surface area contributed by atoms with Gasteiger partial charge in [0.05, 0.1) is 0 Å². The molecule has 0 radical (unpaired) electrons. The molecule has 0 aromatic rings. The Morgan fingerprint density at radius 3 is 2.47 bits per heavy atom. The lowest BCUT2D eigenvalue weighted by Gasteiger charge is -2.61. The molecule has 0 heterocycles. The van der Waals surface area contributed by atoms with Crippen LogP contribution in [0.3, 0.4) is 0 Å². The first-order chi connectivity index (χ1) is 14.2. The number of hydrogen-bond acceptors (Lipinski definition) is 2. The van der Waals surface area contributed by atoms with Crippen molar-refractivity contribution in [1.82, 2.24) is 4.42 Å². The summed E-state index contributed by atoms with van der Waals surface area (Å²) < 4.78 is 1.59. The largest absolute Gasteiger partial charge is 0.480 e. The minimum atomic E-state index is -0.818. The molecule has 4 saturated carbocycles. The van der Waals surface area contributed by atoms with Crippen LogP contribution in [0, 0.1) is 46.3 Å². The number of nitrogens with zero attached hydrogens (tertiary/aromatic N) is 1. The van der Waals surface area contributed by atoms with Gasteiger partial charge < -0.3 is 5.11 Å². The molecule has 4 heteroatoms. The molecule has 172 valence electrons. The summed E-state index contributed by atoms with van der Waals surface area (Å²) in [6.07, 6.45) is 14.6. The third-order valence-corrected chi connectivity index (χ3v) is 11.2. The molecule has 4 aliphatic rings. The highest BCUT2D eigenvalue weighted by molar-refractivity contribution is 6.14. The fraction of sp³-hybridized carbons (Fsp3) is 0.962. The van der Waals surface area contributed by atoms with Crippen LogP contribution in [0.5, 0.6) is 0 Å². The first-order valence-corrected chi connectivity index (χ1v) is 13.2. The number of halogens is 1. The van der Waals surface area contributed by atoms with Crippen LogP contribution in [-0.4, -0.2) is 28.1 Å². The zero-order chi connectivity index (χ0) is 21.7. The van der Waals surface area contributed by atoms with Crippen LogP contribution in [0.25, 0.3) is 0 Å². The van der Waals surface area contributed by atoms with Gasteiger partial charge >= 0.3 is 5.97 Å². The highest BCUT2D eigenvalue weighted by atomic mass is 35.5. The number of aliphatic carboxylic acids is 1. The molecule has 0 spiro atoms. The van der Waals surface area contributed by atoms with Crippen LogP contribution in [0.2, 0.25) is 0 Å². The van der Waals surface area contributed by atoms with E-state index in [1.165, 1.54) is 57.8 Å². The van der Waals surface area contributed by atoms with Crippen molar-refractivity contribution >= 4 is 17.7 Å². The van der Waals surface area contributed by atoms with E-state index in [0.717, 1.165) is 42.4 Å². The van der Waals surface area contributed by atoms with E-state index in [4.69, 9.17) is 16.9 Å². The van der Waals surface area contributed by atoms with E-state index < -0.39 is 5.97 Å². The minimum Gasteiger partial charge on any atom is -0.480 e. The van der Waals surface area contributed by atoms with Crippen molar-refractivity contribution in [1.29, 1.82) is 0 Å². The first-order valence-electron chi connectivity index (χ1n) is 12.8. The average molecular weight is 438 g/mol. The Morgan fingerprint density at radius 2 is 1.77 bits per heavy atom. The van der Waals surface area contributed by atoms with Gasteiger partial charge in [0.25, 0.3) is 0 Å². The van der Waals surface area contributed by atoms with Crippen LogP contribution in [0.4, 0.5) is 0 Å². The van der Waals surface area contributed by atoms with Crippen molar-refractivity contribution in [2.24, 2.45) is 46.3 Å². The average Bonchev–Trinajstić information content (AvgIpc) is 3.04. The zero-order valence-corrected chi connectivity index (χ0v) is 20.5. The number of hydrogen-bond donors (Lipinski definition) is 1. The van der Waals surface area contributed by atoms with Gasteiger partial charge in [0.2, 0.25) is 0 Å². The van der Waals surface area contributed by atoms with Crippen LogP contribution in [0.15, 0.2) is 0 Å². The van der Waals surface area contributed by atoms with E-state index in [-0.39, 0.29) is 12.6 Å². The molecule has 0 bridgehead atoms. The maximum atomic E-state index is 11.1. The van der Waals surface area contributed by atoms with Crippen molar-refractivity contribution in [3.8, 4) is 0 Å². The van der Waals surface area contributed by atoms with Gasteiger partial charge in [0.15, 0.2) is 0 Å². The van der Waals surface area contributed by atoms with E-state index in [1.807, 2.05) is 0 Å². The van der Waals surface area contributed by atoms with Gasteiger partial charge in [-0.05, 0) is 116 Å². The topological polar surface area (TPSA) is 40.5 Å². The molecule has 9 atom stereocenters. The number of fused-ring (bicyclic) bond motifs is 5. The van der Waals surface area contributed by atoms with Gasteiger partial charge in [-0.25, -0.2) is 4.42 Å². The molecule has 3 nitrogen and oxygen atoms in total. The Bertz CT molecular complexity index is 641. The predicted molar refractivity (Wildman–Crippen MR) is 123 cm³/mol. The van der Waals surface area contributed by atoms with E-state index in [0.29, 0.717) is 16.7 Å². The predicted octanol–water partition coefficient (Wildman–Crippen LogP) is 6.99. The molecule has 0 aromatic carbocycles. The normalized spacial score (nSPS) is 46.7. The van der Waals surface area contributed by atoms with Gasteiger partial charge in [-0.2, -0.15) is 0 Å². The summed E-state index contributed by atoms with van der Waals surface area (Å²) in [6, 6.07) is 0.233. The highest BCUT2D eigenvalue weighted by Gasteiger charge is 2.60. The Kier molecular flexibility index (Phi) is 6.55. The van der Waals surface area contributed by atoms with Crippen LogP contribution >= 0.6 is 11.8 Å². The van der Waals surface area contributed by atoms with E-state index in [9.17, 15) is 4.79 Å². The fourth-order valence-electron chi connectivity index (χ4n) is 9.38. The lowest BCUT2D eigenvalue weighted by molar-refractivity contribution is -0.139. The number of carboxylic acid groups (broad SMARTS) is 1. The molecular formula is C26H44ClNO2. The Hall–Kier alpha value is -0.280. The van der Waals surface area contributed by atoms with Crippen molar-refractivity contribution < 1.29 is 9.90 Å². The summed E-state index contributed by atoms with van der Waals surface area (Å²) in [4.78, 5) is 11.1. The van der Waals surface area contributed by atoms with Crippen molar-refractivity contribution in [2.45, 2.75) is 104 Å². The van der Waals surface area contributed by atoms with Crippen LogP contribution in [-0.2, 0) is 4.79 Å². The maximum Gasteiger partial charge on any atom is 0.319 e. The molecule has 1 N–H and O–H groups in total. The summed E-state index contributed by atoms with van der Waals surface area (Å²) >= 11 is 6.38. The molecule has 0 amide bonds. The van der Waals surface area contributed by atoms with Gasteiger partial charge in [-0.3, -0.25) is 4.79 Å². The second-order valence-electron chi connectivity index (χ2n) is 12.0. The molecule has 0 saturated heterocycles. The molecular weight excluding hydrogens is 394 g/mol. The van der Waals surface area contributed by atoms with Crippen LogP contribution < -0.4 is 0 Å². The standard InChI is InChI=1S/C26H44ClNO2/c1-5-6-17(2)21-9-10-22-20-8-7-18-15-19(28(27)16-24(29)30)11-13-25(18,3)23(20)12-14-26(21,22)4/h17-23H,5-16H2,1-4H3,(H,29,30)/t17-,18?,19?,20?,21-,22-,23?,25+,26-/m1/s1. The molecule has 4 unspecified atom stereocenters. The third kappa shape index (κ3) is 3.74. The molecule has 4 fully saturated rings. The Balaban J connectivity index is 1.48. The SMILES string of the molecule is CCC[C@@H](C)[C@H]1CC[C@@H]2C3CCC4CC(N(Cl)CC(=O)O)CC[C@]4(C)C3CC[C@@]21C. The maximum absolute atomic E-state index is 11.1. The number of carbonyl (C=O) groups is 1. The molecule has 30 heavy (non-hydrogen) atoms. The monoisotopic (exact) mass is 437 g/mol. The Labute approximate surface area is 189 Å². The van der Waals surface area contributed by atoms with E-state index in [2.05, 4.69) is 27.7 Å². The summed E-state index contributed by atoms with van der Waals surface area (Å²) in [5.41, 5.74) is 1.01. The van der Waals surface area contributed by atoms with Crippen molar-refractivity contribution in [3.05, 3.63) is 0 Å². The molecule has 0 aromatic heterocycles. The lowest BCUT2D eigenvalue weighted by Crippen LogP contribution is -2.55. The quantitative estimate of drug-likeness (QED) is 0.455. The van der Waals surface area contributed by atoms with Gasteiger partial charge in [-0.15, -0.1) is 0 Å². The molecule has 4 aliphatic carbocycles. The third-order valence-electron chi connectivity index (χ3n) is 10.8. The Morgan fingerprint density at radius 1 is 1.07 bits per heavy atom. The fourth-order valence-corrected chi connectivity index (χ4v) is 9.66. The summed E-state index contributed by atoms with van der Waals surface area (Å²) in [6.45, 7) is 10.1. The van der Waals surface area contributed by atoms with Crippen molar-refractivity contribution in [2.75, 3.05) is 6.54 Å². The highest BCUT2D eigenvalue weighted by Crippen LogP contribution is 2.68. The van der Waals surface area contributed by atoms with Gasteiger partial charge in [-0.1, -0.05) is 40.5 Å². The smallest absolute Gasteiger partial charge is 0.319 e.